The number of halogens is 2. The lowest BCUT2D eigenvalue weighted by Gasteiger charge is -2.30. The van der Waals surface area contributed by atoms with Gasteiger partial charge in [-0.3, -0.25) is 9.59 Å². The lowest BCUT2D eigenvalue weighted by Crippen LogP contribution is -2.39. The molecule has 0 amide bonds. The summed E-state index contributed by atoms with van der Waals surface area (Å²) in [7, 11) is 0. The molecule has 0 aliphatic heterocycles. The zero-order valence-corrected chi connectivity index (χ0v) is 16.7. The second-order valence-corrected chi connectivity index (χ2v) is 7.77. The summed E-state index contributed by atoms with van der Waals surface area (Å²) in [5, 5.41) is 11.0. The number of rotatable bonds is 3. The molecule has 1 aliphatic rings. The Morgan fingerprint density at radius 1 is 1.07 bits per heavy atom. The largest absolute Gasteiger partial charge is 0.506 e. The van der Waals surface area contributed by atoms with Crippen molar-refractivity contribution in [2.45, 2.75) is 27.2 Å². The van der Waals surface area contributed by atoms with Gasteiger partial charge in [0.05, 0.1) is 16.6 Å². The molecule has 144 valence electrons. The van der Waals surface area contributed by atoms with Crippen LogP contribution in [0.1, 0.15) is 31.9 Å². The van der Waals surface area contributed by atoms with Crippen molar-refractivity contribution in [3.05, 3.63) is 76.3 Å². The predicted octanol–water partition coefficient (Wildman–Crippen LogP) is 5.71. The van der Waals surface area contributed by atoms with E-state index in [0.29, 0.717) is 22.6 Å². The smallest absolute Gasteiger partial charge is 0.180 e. The molecular weight excluding hydrogens is 379 g/mol. The fourth-order valence-corrected chi connectivity index (χ4v) is 3.58. The lowest BCUT2D eigenvalue weighted by molar-refractivity contribution is -0.133. The van der Waals surface area contributed by atoms with Crippen molar-refractivity contribution >= 4 is 28.7 Å². The maximum Gasteiger partial charge on any atom is 0.180 e. The average molecular weight is 399 g/mol. The van der Waals surface area contributed by atoms with Gasteiger partial charge in [-0.25, -0.2) is 4.39 Å². The summed E-state index contributed by atoms with van der Waals surface area (Å²) in [5.41, 5.74) is 0.662. The summed E-state index contributed by atoms with van der Waals surface area (Å²) in [5.74, 6) is -1.87. The standard InChI is InChI=1S/C23H20ClFO3/c1-5-13-6-7-14(16-11-15(24)8-9-18(16)25)10-17(13)19-20(26)12(2)21(27)23(3,4)22(19)28/h6-11,26H,2,5H2,1,3-4H3. The number of ketones is 2. The number of aliphatic hydroxyl groups excluding tert-OH is 1. The maximum absolute atomic E-state index is 14.4. The van der Waals surface area contributed by atoms with E-state index in [-0.39, 0.29) is 16.7 Å². The van der Waals surface area contributed by atoms with Gasteiger partial charge >= 0.3 is 0 Å². The molecule has 0 radical (unpaired) electrons. The van der Waals surface area contributed by atoms with E-state index < -0.39 is 28.6 Å². The molecule has 0 spiro atoms. The van der Waals surface area contributed by atoms with E-state index in [1.807, 2.05) is 6.92 Å². The summed E-state index contributed by atoms with van der Waals surface area (Å²) in [6.45, 7) is 8.60. The van der Waals surface area contributed by atoms with Gasteiger partial charge in [0.1, 0.15) is 11.6 Å². The predicted molar refractivity (Wildman–Crippen MR) is 109 cm³/mol. The third-order valence-corrected chi connectivity index (χ3v) is 5.39. The number of aryl methyl sites for hydroxylation is 1. The highest BCUT2D eigenvalue weighted by Gasteiger charge is 2.46. The van der Waals surface area contributed by atoms with Gasteiger partial charge in [-0.15, -0.1) is 0 Å². The molecule has 0 unspecified atom stereocenters. The van der Waals surface area contributed by atoms with Crippen LogP contribution < -0.4 is 0 Å². The molecule has 0 fully saturated rings. The summed E-state index contributed by atoms with van der Waals surface area (Å²) >= 11 is 6.01. The van der Waals surface area contributed by atoms with Gasteiger partial charge < -0.3 is 5.11 Å². The number of hydrogen-bond donors (Lipinski definition) is 1. The molecule has 5 heteroatoms. The van der Waals surface area contributed by atoms with Crippen LogP contribution in [0.4, 0.5) is 4.39 Å². The molecule has 3 nitrogen and oxygen atoms in total. The molecule has 0 bridgehead atoms. The number of hydrogen-bond acceptors (Lipinski definition) is 3. The molecule has 0 aromatic heterocycles. The van der Waals surface area contributed by atoms with Gasteiger partial charge in [0.25, 0.3) is 0 Å². The van der Waals surface area contributed by atoms with Crippen molar-refractivity contribution in [1.29, 1.82) is 0 Å². The van der Waals surface area contributed by atoms with E-state index in [1.165, 1.54) is 32.0 Å². The lowest BCUT2D eigenvalue weighted by atomic mass is 9.70. The van der Waals surface area contributed by atoms with Crippen molar-refractivity contribution in [1.82, 2.24) is 0 Å². The molecule has 3 rings (SSSR count). The average Bonchev–Trinajstić information content (AvgIpc) is 2.67. The minimum Gasteiger partial charge on any atom is -0.506 e. The van der Waals surface area contributed by atoms with Crippen LogP contribution in [0.5, 0.6) is 0 Å². The van der Waals surface area contributed by atoms with Crippen LogP contribution in [0.3, 0.4) is 0 Å². The van der Waals surface area contributed by atoms with Gasteiger partial charge in [0, 0.05) is 10.6 Å². The highest BCUT2D eigenvalue weighted by atomic mass is 35.5. The van der Waals surface area contributed by atoms with Gasteiger partial charge in [-0.1, -0.05) is 37.2 Å². The van der Waals surface area contributed by atoms with Gasteiger partial charge in [-0.05, 0) is 61.2 Å². The number of carbonyl (C=O) groups excluding carboxylic acids is 2. The van der Waals surface area contributed by atoms with Crippen molar-refractivity contribution < 1.29 is 19.1 Å². The SMILES string of the molecule is C=C1C(=O)C(C)(C)C(=O)C(c2cc(-c3cc(Cl)ccc3F)ccc2CC)=C1O. The molecule has 0 saturated carbocycles. The van der Waals surface area contributed by atoms with E-state index in [0.717, 1.165) is 5.56 Å². The quantitative estimate of drug-likeness (QED) is 0.532. The number of aliphatic hydroxyl groups is 1. The van der Waals surface area contributed by atoms with E-state index in [1.54, 1.807) is 18.2 Å². The molecule has 1 aliphatic carbocycles. The van der Waals surface area contributed by atoms with Crippen LogP contribution in [-0.2, 0) is 16.0 Å². The topological polar surface area (TPSA) is 54.4 Å². The van der Waals surface area contributed by atoms with E-state index in [9.17, 15) is 19.1 Å². The molecule has 0 heterocycles. The van der Waals surface area contributed by atoms with Crippen molar-refractivity contribution in [2.24, 2.45) is 5.41 Å². The first kappa shape index (κ1) is 20.0. The fraction of sp³-hybridized carbons (Fsp3) is 0.217. The van der Waals surface area contributed by atoms with Gasteiger partial charge in [-0.2, -0.15) is 0 Å². The van der Waals surface area contributed by atoms with Crippen LogP contribution in [0.2, 0.25) is 5.02 Å². The first-order chi connectivity index (χ1) is 13.1. The van der Waals surface area contributed by atoms with E-state index >= 15 is 0 Å². The molecule has 0 atom stereocenters. The second kappa shape index (κ2) is 7.02. The van der Waals surface area contributed by atoms with Crippen LogP contribution >= 0.6 is 11.6 Å². The van der Waals surface area contributed by atoms with Crippen molar-refractivity contribution in [3.63, 3.8) is 0 Å². The zero-order chi connectivity index (χ0) is 20.8. The molecule has 0 saturated heterocycles. The van der Waals surface area contributed by atoms with Crippen molar-refractivity contribution in [3.8, 4) is 11.1 Å². The fourth-order valence-electron chi connectivity index (χ4n) is 3.41. The van der Waals surface area contributed by atoms with Gasteiger partial charge in [0.15, 0.2) is 11.6 Å². The summed E-state index contributed by atoms with van der Waals surface area (Å²) in [4.78, 5) is 25.5. The Hall–Kier alpha value is -2.72. The zero-order valence-electron chi connectivity index (χ0n) is 15.9. The monoisotopic (exact) mass is 398 g/mol. The Kier molecular flexibility index (Phi) is 5.02. The van der Waals surface area contributed by atoms with Crippen molar-refractivity contribution in [2.75, 3.05) is 0 Å². The molecular formula is C23H20ClFO3. The second-order valence-electron chi connectivity index (χ2n) is 7.34. The minimum absolute atomic E-state index is 0.0377. The summed E-state index contributed by atoms with van der Waals surface area (Å²) in [6.07, 6.45) is 0.582. The number of allylic oxidation sites excluding steroid dienone is 2. The Bertz CT molecular complexity index is 1060. The minimum atomic E-state index is -1.33. The third-order valence-electron chi connectivity index (χ3n) is 5.16. The summed E-state index contributed by atoms with van der Waals surface area (Å²) in [6, 6.07) is 9.41. The van der Waals surface area contributed by atoms with Gasteiger partial charge in [0.2, 0.25) is 0 Å². The number of Topliss-reactive ketones (excluding diaryl/α,β-unsaturated/α-hetero) is 2. The van der Waals surface area contributed by atoms with Crippen LogP contribution in [0.25, 0.3) is 16.7 Å². The Morgan fingerprint density at radius 3 is 2.39 bits per heavy atom. The molecule has 28 heavy (non-hydrogen) atoms. The third kappa shape index (κ3) is 3.08. The molecule has 2 aromatic rings. The summed E-state index contributed by atoms with van der Waals surface area (Å²) < 4.78 is 14.4. The number of benzene rings is 2. The molecule has 2 aromatic carbocycles. The Labute approximate surface area is 168 Å². The maximum atomic E-state index is 14.4. The van der Waals surface area contributed by atoms with E-state index in [2.05, 4.69) is 6.58 Å². The van der Waals surface area contributed by atoms with Crippen LogP contribution in [0, 0.1) is 11.2 Å². The van der Waals surface area contributed by atoms with Crippen LogP contribution in [0.15, 0.2) is 54.3 Å². The Morgan fingerprint density at radius 2 is 1.75 bits per heavy atom. The number of carbonyl (C=O) groups is 2. The normalized spacial score (nSPS) is 16.7. The highest BCUT2D eigenvalue weighted by Crippen LogP contribution is 2.41. The highest BCUT2D eigenvalue weighted by molar-refractivity contribution is 6.37. The molecule has 1 N–H and O–H groups in total. The Balaban J connectivity index is 2.29. The van der Waals surface area contributed by atoms with E-state index in [4.69, 9.17) is 11.6 Å². The first-order valence-electron chi connectivity index (χ1n) is 8.90. The van der Waals surface area contributed by atoms with Crippen LogP contribution in [-0.4, -0.2) is 16.7 Å². The first-order valence-corrected chi connectivity index (χ1v) is 9.28.